The third-order valence-electron chi connectivity index (χ3n) is 7.70. The van der Waals surface area contributed by atoms with Crippen molar-refractivity contribution >= 4 is 22.3 Å². The van der Waals surface area contributed by atoms with Gasteiger partial charge in [0, 0.05) is 17.9 Å². The van der Waals surface area contributed by atoms with Crippen molar-refractivity contribution in [2.24, 2.45) is 5.92 Å². The maximum atomic E-state index is 11.6. The second-order valence-corrected chi connectivity index (χ2v) is 9.88. The van der Waals surface area contributed by atoms with Crippen molar-refractivity contribution in [2.75, 3.05) is 0 Å². The second kappa shape index (κ2) is 9.44. The fourth-order valence-corrected chi connectivity index (χ4v) is 5.75. The average Bonchev–Trinajstić information content (AvgIpc) is 3.45. The van der Waals surface area contributed by atoms with E-state index in [0.29, 0.717) is 11.7 Å². The first-order valence-electron chi connectivity index (χ1n) is 12.4. The van der Waals surface area contributed by atoms with Gasteiger partial charge in [0.2, 0.25) is 0 Å². The van der Waals surface area contributed by atoms with Crippen LogP contribution in [0.2, 0.25) is 0 Å². The number of benzene rings is 2. The summed E-state index contributed by atoms with van der Waals surface area (Å²) in [5.41, 5.74) is 7.51. The highest BCUT2D eigenvalue weighted by molar-refractivity contribution is 5.96. The predicted octanol–water partition coefficient (Wildman–Crippen LogP) is 8.09. The zero-order valence-electron chi connectivity index (χ0n) is 19.5. The lowest BCUT2D eigenvalue weighted by molar-refractivity contribution is 0.0989. The summed E-state index contributed by atoms with van der Waals surface area (Å²) in [6, 6.07) is 14.8. The summed E-state index contributed by atoms with van der Waals surface area (Å²) >= 11 is 0. The molecule has 0 unspecified atom stereocenters. The van der Waals surface area contributed by atoms with E-state index in [2.05, 4.69) is 42.3 Å². The maximum Gasteiger partial charge on any atom is 0.194 e. The van der Waals surface area contributed by atoms with Crippen molar-refractivity contribution in [1.82, 2.24) is 0 Å². The third-order valence-corrected chi connectivity index (χ3v) is 7.70. The first-order chi connectivity index (χ1) is 16.1. The fourth-order valence-electron chi connectivity index (χ4n) is 5.75. The van der Waals surface area contributed by atoms with Crippen LogP contribution < -0.4 is 0 Å². The average molecular weight is 437 g/mol. The minimum absolute atomic E-state index is 0.0148. The van der Waals surface area contributed by atoms with Gasteiger partial charge in [0.15, 0.2) is 11.5 Å². The summed E-state index contributed by atoms with van der Waals surface area (Å²) in [6.45, 7) is 1.55. The van der Waals surface area contributed by atoms with Crippen LogP contribution in [0.3, 0.4) is 0 Å². The molecule has 0 saturated heterocycles. The van der Waals surface area contributed by atoms with E-state index in [1.807, 2.05) is 12.1 Å². The standard InChI is InChI=1S/C31H32O2/c1-3-22-8-13-26-15-14-25(29(26)18-22)7-5-4-6-23-9-11-24(12-10-23)27-16-17-30-28(19-27)20-31(33-30)21(2)32/h1,8,13-14,16-20,23-24H,4-7,9-12,15H2,2H3. The molecule has 2 heteroatoms. The lowest BCUT2D eigenvalue weighted by Gasteiger charge is -2.29. The van der Waals surface area contributed by atoms with E-state index in [1.54, 1.807) is 6.92 Å². The fraction of sp³-hybridized carbons (Fsp3) is 0.387. The van der Waals surface area contributed by atoms with Crippen molar-refractivity contribution in [3.05, 3.63) is 76.6 Å². The normalized spacial score (nSPS) is 19.8. The van der Waals surface area contributed by atoms with Gasteiger partial charge in [-0.25, -0.2) is 0 Å². The van der Waals surface area contributed by atoms with E-state index in [0.717, 1.165) is 28.9 Å². The van der Waals surface area contributed by atoms with E-state index in [9.17, 15) is 4.79 Å². The van der Waals surface area contributed by atoms with Crippen molar-refractivity contribution < 1.29 is 9.21 Å². The SMILES string of the molecule is C#Cc1ccc2c(c1)C(CCCCC1CCC(c3ccc4oc(C(C)=O)cc4c3)CC1)=CC2. The summed E-state index contributed by atoms with van der Waals surface area (Å²) in [4.78, 5) is 11.6. The van der Waals surface area contributed by atoms with E-state index < -0.39 is 0 Å². The Bertz CT molecular complexity index is 1240. The number of hydrogen-bond donors (Lipinski definition) is 0. The molecule has 0 amide bonds. The summed E-state index contributed by atoms with van der Waals surface area (Å²) in [7, 11) is 0. The first kappa shape index (κ1) is 21.8. The molecule has 3 aromatic rings. The molecule has 1 saturated carbocycles. The topological polar surface area (TPSA) is 30.2 Å². The van der Waals surface area contributed by atoms with Crippen LogP contribution in [-0.4, -0.2) is 5.78 Å². The van der Waals surface area contributed by atoms with Crippen LogP contribution in [0, 0.1) is 18.3 Å². The minimum atomic E-state index is -0.0148. The van der Waals surface area contributed by atoms with Crippen molar-refractivity contribution in [1.29, 1.82) is 0 Å². The zero-order chi connectivity index (χ0) is 22.8. The molecule has 0 atom stereocenters. The molecule has 1 aromatic heterocycles. The van der Waals surface area contributed by atoms with Crippen LogP contribution in [-0.2, 0) is 6.42 Å². The van der Waals surface area contributed by atoms with Gasteiger partial charge in [0.1, 0.15) is 5.58 Å². The highest BCUT2D eigenvalue weighted by Gasteiger charge is 2.23. The molecule has 1 heterocycles. The lowest BCUT2D eigenvalue weighted by atomic mass is 9.77. The van der Waals surface area contributed by atoms with E-state index >= 15 is 0 Å². The molecule has 0 spiro atoms. The number of unbranched alkanes of at least 4 members (excludes halogenated alkanes) is 1. The number of allylic oxidation sites excluding steroid dienone is 2. The van der Waals surface area contributed by atoms with Gasteiger partial charge < -0.3 is 4.42 Å². The molecule has 1 fully saturated rings. The van der Waals surface area contributed by atoms with Crippen LogP contribution in [0.15, 0.2) is 53.0 Å². The smallest absolute Gasteiger partial charge is 0.194 e. The summed E-state index contributed by atoms with van der Waals surface area (Å²) in [6.07, 6.45) is 19.3. The molecule has 2 aromatic carbocycles. The Morgan fingerprint density at radius 1 is 1.06 bits per heavy atom. The van der Waals surface area contributed by atoms with Gasteiger partial charge in [-0.2, -0.15) is 0 Å². The molecule has 0 radical (unpaired) electrons. The third kappa shape index (κ3) is 4.69. The number of furan rings is 1. The second-order valence-electron chi connectivity index (χ2n) is 9.88. The number of ketones is 1. The quantitative estimate of drug-likeness (QED) is 0.213. The molecular formula is C31H32O2. The summed E-state index contributed by atoms with van der Waals surface area (Å²) < 4.78 is 5.65. The zero-order valence-corrected chi connectivity index (χ0v) is 19.5. The molecule has 0 bridgehead atoms. The van der Waals surface area contributed by atoms with E-state index in [1.165, 1.54) is 73.6 Å². The Balaban J connectivity index is 1.09. The van der Waals surface area contributed by atoms with Crippen LogP contribution >= 0.6 is 0 Å². The van der Waals surface area contributed by atoms with Crippen molar-refractivity contribution in [2.45, 2.75) is 70.6 Å². The molecule has 2 nitrogen and oxygen atoms in total. The minimum Gasteiger partial charge on any atom is -0.453 e. The van der Waals surface area contributed by atoms with Gasteiger partial charge in [-0.05, 0) is 109 Å². The van der Waals surface area contributed by atoms with Crippen LogP contribution in [0.25, 0.3) is 16.5 Å². The van der Waals surface area contributed by atoms with Gasteiger partial charge in [0.05, 0.1) is 0 Å². The van der Waals surface area contributed by atoms with Gasteiger partial charge >= 0.3 is 0 Å². The number of Topliss-reactive ketones (excluding diaryl/α,β-unsaturated/α-hetero) is 1. The number of terminal acetylenes is 1. The Hall–Kier alpha value is -3.05. The van der Waals surface area contributed by atoms with Crippen molar-refractivity contribution in [3.63, 3.8) is 0 Å². The largest absolute Gasteiger partial charge is 0.453 e. The summed E-state index contributed by atoms with van der Waals surface area (Å²) in [5.74, 6) is 4.71. The highest BCUT2D eigenvalue weighted by atomic mass is 16.3. The summed E-state index contributed by atoms with van der Waals surface area (Å²) in [5, 5.41) is 1.05. The molecule has 2 aliphatic carbocycles. The van der Waals surface area contributed by atoms with Gasteiger partial charge in [-0.3, -0.25) is 4.79 Å². The molecule has 168 valence electrons. The molecular weight excluding hydrogens is 404 g/mol. The molecule has 0 aliphatic heterocycles. The van der Waals surface area contributed by atoms with E-state index in [-0.39, 0.29) is 5.78 Å². The number of fused-ring (bicyclic) bond motifs is 2. The van der Waals surface area contributed by atoms with Gasteiger partial charge in [-0.15, -0.1) is 6.42 Å². The lowest BCUT2D eigenvalue weighted by Crippen LogP contribution is -2.13. The predicted molar refractivity (Wildman–Crippen MR) is 135 cm³/mol. The van der Waals surface area contributed by atoms with Gasteiger partial charge in [0.25, 0.3) is 0 Å². The molecule has 5 rings (SSSR count). The van der Waals surface area contributed by atoms with Crippen LogP contribution in [0.4, 0.5) is 0 Å². The van der Waals surface area contributed by atoms with Crippen molar-refractivity contribution in [3.8, 4) is 12.3 Å². The number of hydrogen-bond acceptors (Lipinski definition) is 2. The number of carbonyl (C=O) groups is 1. The molecule has 0 N–H and O–H groups in total. The van der Waals surface area contributed by atoms with E-state index in [4.69, 9.17) is 10.8 Å². The molecule has 2 aliphatic rings. The molecule has 33 heavy (non-hydrogen) atoms. The Morgan fingerprint density at radius 2 is 1.91 bits per heavy atom. The number of rotatable bonds is 7. The first-order valence-corrected chi connectivity index (χ1v) is 12.4. The van der Waals surface area contributed by atoms with Crippen LogP contribution in [0.5, 0.6) is 0 Å². The highest BCUT2D eigenvalue weighted by Crippen LogP contribution is 2.39. The maximum absolute atomic E-state index is 11.6. The van der Waals surface area contributed by atoms with Crippen LogP contribution in [0.1, 0.15) is 97.0 Å². The number of carbonyl (C=O) groups excluding carboxylic acids is 1. The Morgan fingerprint density at radius 3 is 2.70 bits per heavy atom. The monoisotopic (exact) mass is 436 g/mol. The van der Waals surface area contributed by atoms with Gasteiger partial charge in [-0.1, -0.05) is 37.0 Å². The Labute approximate surface area is 197 Å². The Kier molecular flexibility index (Phi) is 6.23.